The predicted octanol–water partition coefficient (Wildman–Crippen LogP) is 2.25. The van der Waals surface area contributed by atoms with E-state index in [0.717, 1.165) is 12.8 Å². The number of hydrogen-bond donors (Lipinski definition) is 0. The molecule has 1 aromatic rings. The molecule has 1 aliphatic rings. The van der Waals surface area contributed by atoms with E-state index < -0.39 is 21.5 Å². The fourth-order valence-electron chi connectivity index (χ4n) is 1.87. The molecule has 1 aromatic heterocycles. The molecule has 1 saturated heterocycles. The van der Waals surface area contributed by atoms with Crippen molar-refractivity contribution in [1.29, 1.82) is 0 Å². The Bertz CT molecular complexity index is 501. The zero-order valence-corrected chi connectivity index (χ0v) is 10.8. The van der Waals surface area contributed by atoms with E-state index in [-0.39, 0.29) is 11.1 Å². The van der Waals surface area contributed by atoms with Crippen LogP contribution in [0.4, 0.5) is 8.78 Å². The van der Waals surface area contributed by atoms with Crippen molar-refractivity contribution < 1.29 is 17.2 Å². The van der Waals surface area contributed by atoms with Crippen molar-refractivity contribution in [2.24, 2.45) is 0 Å². The van der Waals surface area contributed by atoms with Crippen molar-refractivity contribution in [2.45, 2.75) is 37.3 Å². The molecule has 0 aliphatic carbocycles. The maximum Gasteiger partial charge on any atom is 0.289 e. The molecule has 1 atom stereocenters. The highest BCUT2D eigenvalue weighted by atomic mass is 32.2. The lowest BCUT2D eigenvalue weighted by Crippen LogP contribution is -2.33. The summed E-state index contributed by atoms with van der Waals surface area (Å²) in [6.07, 6.45) is -1.13. The highest BCUT2D eigenvalue weighted by molar-refractivity contribution is 7.89. The van der Waals surface area contributed by atoms with E-state index in [9.17, 15) is 17.2 Å². The second-order valence-electron chi connectivity index (χ2n) is 3.93. The van der Waals surface area contributed by atoms with Gasteiger partial charge in [-0.25, -0.2) is 22.2 Å². The fraction of sp³-hybridized carbons (Fsp3) is 0.667. The van der Waals surface area contributed by atoms with Gasteiger partial charge in [0.05, 0.1) is 0 Å². The van der Waals surface area contributed by atoms with Crippen molar-refractivity contribution in [2.75, 3.05) is 6.54 Å². The Kier molecular flexibility index (Phi) is 3.46. The van der Waals surface area contributed by atoms with Gasteiger partial charge in [-0.3, -0.25) is 0 Å². The first-order chi connectivity index (χ1) is 7.93. The minimum atomic E-state index is -3.70. The van der Waals surface area contributed by atoms with Crippen LogP contribution < -0.4 is 0 Å². The Morgan fingerprint density at radius 2 is 2.29 bits per heavy atom. The number of aromatic nitrogens is 1. The van der Waals surface area contributed by atoms with Gasteiger partial charge in [-0.2, -0.15) is 4.31 Å². The number of rotatable bonds is 3. The number of thiazole rings is 1. The van der Waals surface area contributed by atoms with Gasteiger partial charge in [0.1, 0.15) is 0 Å². The van der Waals surface area contributed by atoms with Crippen LogP contribution in [0.1, 0.15) is 31.2 Å². The largest absolute Gasteiger partial charge is 0.289 e. The minimum Gasteiger partial charge on any atom is -0.222 e. The molecule has 2 rings (SSSR count). The van der Waals surface area contributed by atoms with Gasteiger partial charge < -0.3 is 0 Å². The Hall–Kier alpha value is -0.600. The third-order valence-corrected chi connectivity index (χ3v) is 5.65. The van der Waals surface area contributed by atoms with Crippen LogP contribution in [0.5, 0.6) is 0 Å². The molecule has 0 radical (unpaired) electrons. The third kappa shape index (κ3) is 2.34. The normalized spacial score (nSPS) is 22.5. The van der Waals surface area contributed by atoms with Gasteiger partial charge in [0.2, 0.25) is 0 Å². The summed E-state index contributed by atoms with van der Waals surface area (Å²) < 4.78 is 50.3. The molecule has 4 nitrogen and oxygen atoms in total. The van der Waals surface area contributed by atoms with Crippen LogP contribution in [-0.4, -0.2) is 30.3 Å². The number of hydrogen-bond acceptors (Lipinski definition) is 4. The van der Waals surface area contributed by atoms with Gasteiger partial charge in [0, 0.05) is 18.0 Å². The molecular weight excluding hydrogens is 270 g/mol. The zero-order chi connectivity index (χ0) is 12.6. The Morgan fingerprint density at radius 3 is 2.76 bits per heavy atom. The van der Waals surface area contributed by atoms with Gasteiger partial charge in [-0.1, -0.05) is 0 Å². The van der Waals surface area contributed by atoms with E-state index in [1.54, 1.807) is 0 Å². The lowest BCUT2D eigenvalue weighted by atomic mass is 10.3. The van der Waals surface area contributed by atoms with Gasteiger partial charge in [-0.05, 0) is 19.8 Å². The van der Waals surface area contributed by atoms with E-state index in [4.69, 9.17) is 0 Å². The molecule has 1 fully saturated rings. The van der Waals surface area contributed by atoms with E-state index in [0.29, 0.717) is 17.9 Å². The summed E-state index contributed by atoms with van der Waals surface area (Å²) in [7, 11) is -3.70. The smallest absolute Gasteiger partial charge is 0.222 e. The SMILES string of the molecule is C[C@H]1CCCN1S(=O)(=O)c1csc(C(F)F)n1. The van der Waals surface area contributed by atoms with Crippen LogP contribution in [-0.2, 0) is 10.0 Å². The molecule has 0 bridgehead atoms. The predicted molar refractivity (Wildman–Crippen MR) is 59.7 cm³/mol. The summed E-state index contributed by atoms with van der Waals surface area (Å²) in [5.74, 6) is 0. The number of nitrogens with zero attached hydrogens (tertiary/aromatic N) is 2. The summed E-state index contributed by atoms with van der Waals surface area (Å²) in [4.78, 5) is 3.50. The maximum absolute atomic E-state index is 12.4. The van der Waals surface area contributed by atoms with Crippen LogP contribution in [0.3, 0.4) is 0 Å². The molecular formula is C9H12F2N2O2S2. The molecule has 0 saturated carbocycles. The first-order valence-electron chi connectivity index (χ1n) is 5.18. The van der Waals surface area contributed by atoms with Crippen molar-refractivity contribution in [3.8, 4) is 0 Å². The van der Waals surface area contributed by atoms with Crippen LogP contribution in [0.15, 0.2) is 10.4 Å². The zero-order valence-electron chi connectivity index (χ0n) is 9.14. The van der Waals surface area contributed by atoms with Crippen molar-refractivity contribution >= 4 is 21.4 Å². The molecule has 0 N–H and O–H groups in total. The summed E-state index contributed by atoms with van der Waals surface area (Å²) in [5, 5.41) is 0.476. The third-order valence-electron chi connectivity index (χ3n) is 2.75. The van der Waals surface area contributed by atoms with E-state index in [1.807, 2.05) is 6.92 Å². The molecule has 1 aliphatic heterocycles. The van der Waals surface area contributed by atoms with Gasteiger partial charge in [-0.15, -0.1) is 11.3 Å². The van der Waals surface area contributed by atoms with E-state index in [1.165, 1.54) is 9.69 Å². The second kappa shape index (κ2) is 4.58. The lowest BCUT2D eigenvalue weighted by Gasteiger charge is -2.19. The maximum atomic E-state index is 12.4. The highest BCUT2D eigenvalue weighted by Crippen LogP contribution is 2.29. The summed E-state index contributed by atoms with van der Waals surface area (Å²) in [6, 6.07) is -0.0864. The Morgan fingerprint density at radius 1 is 1.59 bits per heavy atom. The molecule has 0 amide bonds. The van der Waals surface area contributed by atoms with Gasteiger partial charge >= 0.3 is 0 Å². The molecule has 2 heterocycles. The fourth-order valence-corrected chi connectivity index (χ4v) is 4.49. The highest BCUT2D eigenvalue weighted by Gasteiger charge is 2.34. The minimum absolute atomic E-state index is 0.0864. The van der Waals surface area contributed by atoms with E-state index in [2.05, 4.69) is 4.98 Å². The Labute approximate surface area is 102 Å². The van der Waals surface area contributed by atoms with Crippen molar-refractivity contribution in [3.63, 3.8) is 0 Å². The van der Waals surface area contributed by atoms with Crippen LogP contribution in [0.25, 0.3) is 0 Å². The molecule has 17 heavy (non-hydrogen) atoms. The van der Waals surface area contributed by atoms with Gasteiger partial charge in [0.15, 0.2) is 10.0 Å². The van der Waals surface area contributed by atoms with Crippen LogP contribution in [0.2, 0.25) is 0 Å². The molecule has 0 unspecified atom stereocenters. The van der Waals surface area contributed by atoms with E-state index >= 15 is 0 Å². The van der Waals surface area contributed by atoms with Gasteiger partial charge in [0.25, 0.3) is 16.4 Å². The second-order valence-corrected chi connectivity index (χ2v) is 6.66. The number of alkyl halides is 2. The first-order valence-corrected chi connectivity index (χ1v) is 7.50. The monoisotopic (exact) mass is 282 g/mol. The Balaban J connectivity index is 2.31. The van der Waals surface area contributed by atoms with Crippen LogP contribution in [0, 0.1) is 0 Å². The molecule has 8 heteroatoms. The molecule has 0 spiro atoms. The standard InChI is InChI=1S/C9H12F2N2O2S2/c1-6-3-2-4-13(6)17(14,15)7-5-16-9(12-7)8(10)11/h5-6,8H,2-4H2,1H3/t6-/m0/s1. The number of halogens is 2. The first kappa shape index (κ1) is 12.8. The summed E-state index contributed by atoms with van der Waals surface area (Å²) in [5.41, 5.74) is 0. The topological polar surface area (TPSA) is 50.3 Å². The average Bonchev–Trinajstić information content (AvgIpc) is 2.84. The molecule has 96 valence electrons. The number of sulfonamides is 1. The molecule has 0 aromatic carbocycles. The van der Waals surface area contributed by atoms with Crippen LogP contribution >= 0.6 is 11.3 Å². The average molecular weight is 282 g/mol. The lowest BCUT2D eigenvalue weighted by molar-refractivity contribution is 0.150. The quantitative estimate of drug-likeness (QED) is 0.854. The van der Waals surface area contributed by atoms with Crippen molar-refractivity contribution in [3.05, 3.63) is 10.4 Å². The summed E-state index contributed by atoms with van der Waals surface area (Å²) in [6.45, 7) is 2.25. The summed E-state index contributed by atoms with van der Waals surface area (Å²) >= 11 is 0.678. The van der Waals surface area contributed by atoms with Crippen molar-refractivity contribution in [1.82, 2.24) is 9.29 Å².